The molecule has 1 N–H and O–H groups in total. The number of carbonyl (C=O) groups excluding carboxylic acids is 1. The van der Waals surface area contributed by atoms with Crippen molar-refractivity contribution in [3.63, 3.8) is 0 Å². The molecule has 0 saturated carbocycles. The molecule has 1 amide bonds. The average molecular weight is 269 g/mol. The number of thiophene rings is 1. The molecule has 0 aromatic carbocycles. The van der Waals surface area contributed by atoms with Crippen LogP contribution in [-0.4, -0.2) is 47.7 Å². The van der Waals surface area contributed by atoms with Crippen molar-refractivity contribution in [1.29, 1.82) is 0 Å². The van der Waals surface area contributed by atoms with Gasteiger partial charge in [-0.25, -0.2) is 4.79 Å². The van der Waals surface area contributed by atoms with E-state index in [4.69, 9.17) is 9.84 Å². The summed E-state index contributed by atoms with van der Waals surface area (Å²) < 4.78 is 5.11. The van der Waals surface area contributed by atoms with Gasteiger partial charge in [0.05, 0.1) is 18.1 Å². The lowest BCUT2D eigenvalue weighted by Crippen LogP contribution is -2.52. The second kappa shape index (κ2) is 5.49. The summed E-state index contributed by atoms with van der Waals surface area (Å²) in [4.78, 5) is 26.5. The third kappa shape index (κ3) is 2.54. The van der Waals surface area contributed by atoms with Gasteiger partial charge in [0.1, 0.15) is 0 Å². The highest BCUT2D eigenvalue weighted by molar-refractivity contribution is 7.14. The number of hydrogen-bond acceptors (Lipinski definition) is 4. The number of aliphatic carboxylic acids is 1. The maximum absolute atomic E-state index is 12.3. The quantitative estimate of drug-likeness (QED) is 0.896. The van der Waals surface area contributed by atoms with Crippen LogP contribution >= 0.6 is 11.3 Å². The van der Waals surface area contributed by atoms with Crippen molar-refractivity contribution in [1.82, 2.24) is 4.90 Å². The van der Waals surface area contributed by atoms with Crippen LogP contribution in [0.15, 0.2) is 12.1 Å². The number of ether oxygens (including phenoxy) is 1. The zero-order chi connectivity index (χ0) is 13.1. The molecule has 1 fully saturated rings. The Morgan fingerprint density at radius 3 is 2.94 bits per heavy atom. The molecule has 5 nitrogen and oxygen atoms in total. The topological polar surface area (TPSA) is 66.8 Å². The molecule has 18 heavy (non-hydrogen) atoms. The van der Waals surface area contributed by atoms with Gasteiger partial charge in [0.25, 0.3) is 5.91 Å². The standard InChI is InChI=1S/C12H15NO4S/c1-2-8-3-4-10(18-8)11(14)13-5-6-17-7-9(13)12(15)16/h3-4,9H,2,5-7H2,1H3,(H,15,16)/t9-/m0/s1. The van der Waals surface area contributed by atoms with Crippen molar-refractivity contribution in [3.8, 4) is 0 Å². The highest BCUT2D eigenvalue weighted by Gasteiger charge is 2.33. The van der Waals surface area contributed by atoms with Crippen LogP contribution in [0, 0.1) is 0 Å². The van der Waals surface area contributed by atoms with Crippen LogP contribution in [0.3, 0.4) is 0 Å². The fraction of sp³-hybridized carbons (Fsp3) is 0.500. The Morgan fingerprint density at radius 1 is 1.56 bits per heavy atom. The van der Waals surface area contributed by atoms with E-state index in [9.17, 15) is 9.59 Å². The van der Waals surface area contributed by atoms with Crippen LogP contribution in [-0.2, 0) is 16.0 Å². The van der Waals surface area contributed by atoms with E-state index < -0.39 is 12.0 Å². The van der Waals surface area contributed by atoms with Gasteiger partial charge in [-0.1, -0.05) is 6.92 Å². The van der Waals surface area contributed by atoms with Crippen molar-refractivity contribution >= 4 is 23.2 Å². The minimum Gasteiger partial charge on any atom is -0.480 e. The number of nitrogens with zero attached hydrogens (tertiary/aromatic N) is 1. The van der Waals surface area contributed by atoms with Crippen LogP contribution < -0.4 is 0 Å². The van der Waals surface area contributed by atoms with Gasteiger partial charge in [0.15, 0.2) is 6.04 Å². The van der Waals surface area contributed by atoms with E-state index in [1.165, 1.54) is 16.2 Å². The Kier molecular flexibility index (Phi) is 3.98. The first-order valence-corrected chi connectivity index (χ1v) is 6.65. The maximum atomic E-state index is 12.3. The molecule has 98 valence electrons. The van der Waals surface area contributed by atoms with Gasteiger partial charge >= 0.3 is 5.97 Å². The maximum Gasteiger partial charge on any atom is 0.328 e. The molecule has 0 bridgehead atoms. The molecular weight excluding hydrogens is 254 g/mol. The number of morpholine rings is 1. The summed E-state index contributed by atoms with van der Waals surface area (Å²) in [7, 11) is 0. The van der Waals surface area contributed by atoms with Gasteiger partial charge < -0.3 is 14.7 Å². The summed E-state index contributed by atoms with van der Waals surface area (Å²) in [6, 6.07) is 2.80. The molecule has 0 aliphatic carbocycles. The van der Waals surface area contributed by atoms with Crippen molar-refractivity contribution in [2.75, 3.05) is 19.8 Å². The molecule has 0 spiro atoms. The van der Waals surface area contributed by atoms with Crippen molar-refractivity contribution < 1.29 is 19.4 Å². The van der Waals surface area contributed by atoms with E-state index in [-0.39, 0.29) is 12.5 Å². The average Bonchev–Trinajstić information content (AvgIpc) is 2.86. The number of aryl methyl sites for hydroxylation is 1. The highest BCUT2D eigenvalue weighted by Crippen LogP contribution is 2.21. The minimum absolute atomic E-state index is 0.0626. The third-order valence-corrected chi connectivity index (χ3v) is 4.11. The van der Waals surface area contributed by atoms with E-state index in [2.05, 4.69) is 0 Å². The molecule has 1 aliphatic heterocycles. The van der Waals surface area contributed by atoms with E-state index in [0.29, 0.717) is 18.0 Å². The molecule has 1 saturated heterocycles. The summed E-state index contributed by atoms with van der Waals surface area (Å²) >= 11 is 1.42. The van der Waals surface area contributed by atoms with Gasteiger partial charge in [-0.05, 0) is 18.6 Å². The smallest absolute Gasteiger partial charge is 0.328 e. The fourth-order valence-corrected chi connectivity index (χ4v) is 2.78. The van der Waals surface area contributed by atoms with E-state index >= 15 is 0 Å². The Hall–Kier alpha value is -1.40. The Labute approximate surface area is 109 Å². The normalized spacial score (nSPS) is 19.8. The second-order valence-electron chi connectivity index (χ2n) is 4.05. The minimum atomic E-state index is -1.02. The van der Waals surface area contributed by atoms with Gasteiger partial charge in [0.2, 0.25) is 0 Å². The Morgan fingerprint density at radius 2 is 2.33 bits per heavy atom. The predicted octanol–water partition coefficient (Wildman–Crippen LogP) is 1.24. The van der Waals surface area contributed by atoms with Crippen molar-refractivity contribution in [2.24, 2.45) is 0 Å². The first-order chi connectivity index (χ1) is 8.63. The molecule has 2 heterocycles. The van der Waals surface area contributed by atoms with Crippen molar-refractivity contribution in [3.05, 3.63) is 21.9 Å². The van der Waals surface area contributed by atoms with Crippen LogP contribution in [0.1, 0.15) is 21.5 Å². The van der Waals surface area contributed by atoms with Crippen molar-refractivity contribution in [2.45, 2.75) is 19.4 Å². The highest BCUT2D eigenvalue weighted by atomic mass is 32.1. The van der Waals surface area contributed by atoms with Crippen LogP contribution in [0.2, 0.25) is 0 Å². The number of carboxylic acid groups (broad SMARTS) is 1. The number of amides is 1. The molecule has 0 radical (unpaired) electrons. The number of rotatable bonds is 3. The molecule has 2 rings (SSSR count). The monoisotopic (exact) mass is 269 g/mol. The summed E-state index contributed by atoms with van der Waals surface area (Å²) in [5.41, 5.74) is 0. The van der Waals surface area contributed by atoms with Crippen LogP contribution in [0.5, 0.6) is 0 Å². The number of carboxylic acids is 1. The summed E-state index contributed by atoms with van der Waals surface area (Å²) in [5.74, 6) is -1.23. The molecule has 1 atom stereocenters. The van der Waals surface area contributed by atoms with Gasteiger partial charge in [-0.2, -0.15) is 0 Å². The lowest BCUT2D eigenvalue weighted by atomic mass is 10.2. The van der Waals surface area contributed by atoms with Gasteiger partial charge in [-0.15, -0.1) is 11.3 Å². The largest absolute Gasteiger partial charge is 0.480 e. The third-order valence-electron chi connectivity index (χ3n) is 2.90. The Balaban J connectivity index is 2.17. The summed E-state index contributed by atoms with van der Waals surface area (Å²) in [5, 5.41) is 9.09. The second-order valence-corrected chi connectivity index (χ2v) is 5.22. The first kappa shape index (κ1) is 13.0. The fourth-order valence-electron chi connectivity index (χ4n) is 1.88. The molecule has 1 aromatic heterocycles. The van der Waals surface area contributed by atoms with Crippen LogP contribution in [0.4, 0.5) is 0 Å². The first-order valence-electron chi connectivity index (χ1n) is 5.83. The number of hydrogen-bond donors (Lipinski definition) is 1. The van der Waals surface area contributed by atoms with Gasteiger partial charge in [-0.3, -0.25) is 4.79 Å². The van der Waals surface area contributed by atoms with E-state index in [1.807, 2.05) is 13.0 Å². The molecular formula is C12H15NO4S. The lowest BCUT2D eigenvalue weighted by molar-refractivity contribution is -0.147. The molecule has 0 unspecified atom stereocenters. The predicted molar refractivity (Wildman–Crippen MR) is 67.0 cm³/mol. The molecule has 1 aromatic rings. The zero-order valence-corrected chi connectivity index (χ0v) is 10.9. The van der Waals surface area contributed by atoms with Crippen LogP contribution in [0.25, 0.3) is 0 Å². The number of carbonyl (C=O) groups is 2. The van der Waals surface area contributed by atoms with E-state index in [1.54, 1.807) is 6.07 Å². The zero-order valence-electron chi connectivity index (χ0n) is 10.1. The summed E-state index contributed by atoms with van der Waals surface area (Å²) in [6.07, 6.45) is 0.878. The molecule has 1 aliphatic rings. The Bertz CT molecular complexity index is 457. The van der Waals surface area contributed by atoms with E-state index in [0.717, 1.165) is 11.3 Å². The summed E-state index contributed by atoms with van der Waals surface area (Å²) in [6.45, 7) is 2.80. The SMILES string of the molecule is CCc1ccc(C(=O)N2CCOC[C@H]2C(=O)O)s1. The lowest BCUT2D eigenvalue weighted by Gasteiger charge is -2.32. The van der Waals surface area contributed by atoms with Gasteiger partial charge in [0, 0.05) is 11.4 Å². The molecule has 6 heteroatoms.